The van der Waals surface area contributed by atoms with Crippen molar-refractivity contribution >= 4 is 5.91 Å². The van der Waals surface area contributed by atoms with E-state index in [-0.39, 0.29) is 5.91 Å². The Morgan fingerprint density at radius 2 is 1.88 bits per heavy atom. The molecule has 0 saturated carbocycles. The van der Waals surface area contributed by atoms with Crippen molar-refractivity contribution in [2.75, 3.05) is 33.4 Å². The molecule has 0 heterocycles. The van der Waals surface area contributed by atoms with Crippen LogP contribution in [0.1, 0.15) is 39.0 Å². The van der Waals surface area contributed by atoms with E-state index in [1.807, 2.05) is 0 Å². The third kappa shape index (κ3) is 11.5. The first-order chi connectivity index (χ1) is 7.81. The van der Waals surface area contributed by atoms with E-state index in [0.29, 0.717) is 19.7 Å². The summed E-state index contributed by atoms with van der Waals surface area (Å²) in [5.74, 6) is 0.0469. The van der Waals surface area contributed by atoms with E-state index in [4.69, 9.17) is 4.74 Å². The minimum atomic E-state index is 0.0469. The molecule has 96 valence electrons. The van der Waals surface area contributed by atoms with E-state index >= 15 is 0 Å². The third-order valence-corrected chi connectivity index (χ3v) is 2.37. The predicted octanol–water partition coefficient (Wildman–Crippen LogP) is 1.31. The lowest BCUT2D eigenvalue weighted by Crippen LogP contribution is -2.35. The van der Waals surface area contributed by atoms with Crippen LogP contribution in [0, 0.1) is 0 Å². The molecule has 4 nitrogen and oxygen atoms in total. The van der Waals surface area contributed by atoms with Crippen LogP contribution < -0.4 is 10.6 Å². The fourth-order valence-corrected chi connectivity index (χ4v) is 1.41. The highest BCUT2D eigenvalue weighted by atomic mass is 16.5. The highest BCUT2D eigenvalue weighted by Crippen LogP contribution is 2.00. The van der Waals surface area contributed by atoms with Gasteiger partial charge in [0.1, 0.15) is 0 Å². The second-order valence-corrected chi connectivity index (χ2v) is 3.93. The van der Waals surface area contributed by atoms with Crippen LogP contribution in [0.5, 0.6) is 0 Å². The molecule has 0 rings (SSSR count). The van der Waals surface area contributed by atoms with Crippen LogP contribution in [-0.2, 0) is 9.53 Å². The number of hydrogen-bond acceptors (Lipinski definition) is 3. The lowest BCUT2D eigenvalue weighted by atomic mass is 10.1. The predicted molar refractivity (Wildman–Crippen MR) is 66.5 cm³/mol. The number of carbonyl (C=O) groups is 1. The van der Waals surface area contributed by atoms with Crippen molar-refractivity contribution in [3.05, 3.63) is 0 Å². The number of carbonyl (C=O) groups excluding carboxylic acids is 1. The van der Waals surface area contributed by atoms with Crippen LogP contribution >= 0.6 is 0 Å². The maximum Gasteiger partial charge on any atom is 0.234 e. The quantitative estimate of drug-likeness (QED) is 0.526. The molecule has 0 aliphatic rings. The summed E-state index contributed by atoms with van der Waals surface area (Å²) in [6.45, 7) is 4.72. The molecule has 0 aromatic carbocycles. The Labute approximate surface area is 99.1 Å². The van der Waals surface area contributed by atoms with Gasteiger partial charge in [-0.3, -0.25) is 4.79 Å². The minimum Gasteiger partial charge on any atom is -0.383 e. The number of ether oxygens (including phenoxy) is 1. The van der Waals surface area contributed by atoms with Gasteiger partial charge in [-0.05, 0) is 13.0 Å². The number of methoxy groups -OCH3 is 1. The van der Waals surface area contributed by atoms with Crippen LogP contribution in [0.15, 0.2) is 0 Å². The van der Waals surface area contributed by atoms with Gasteiger partial charge in [-0.2, -0.15) is 0 Å². The van der Waals surface area contributed by atoms with Crippen LogP contribution in [0.2, 0.25) is 0 Å². The highest BCUT2D eigenvalue weighted by molar-refractivity contribution is 5.77. The van der Waals surface area contributed by atoms with Crippen molar-refractivity contribution < 1.29 is 9.53 Å². The molecular weight excluding hydrogens is 204 g/mol. The highest BCUT2D eigenvalue weighted by Gasteiger charge is 1.98. The molecule has 0 saturated heterocycles. The second-order valence-electron chi connectivity index (χ2n) is 3.93. The maximum absolute atomic E-state index is 11.2. The molecule has 1 amide bonds. The average Bonchev–Trinajstić information content (AvgIpc) is 2.28. The Balaban J connectivity index is 3.09. The molecule has 0 aromatic heterocycles. The molecule has 0 spiro atoms. The van der Waals surface area contributed by atoms with Gasteiger partial charge in [-0.25, -0.2) is 0 Å². The van der Waals surface area contributed by atoms with Gasteiger partial charge in [0.2, 0.25) is 5.91 Å². The van der Waals surface area contributed by atoms with Crippen LogP contribution in [0.25, 0.3) is 0 Å². The summed E-state index contributed by atoms with van der Waals surface area (Å²) in [7, 11) is 1.63. The van der Waals surface area contributed by atoms with Crippen LogP contribution in [0.4, 0.5) is 0 Å². The van der Waals surface area contributed by atoms with Gasteiger partial charge in [-0.1, -0.05) is 32.6 Å². The molecule has 2 N–H and O–H groups in total. The Hall–Kier alpha value is -0.610. The van der Waals surface area contributed by atoms with Gasteiger partial charge in [0.25, 0.3) is 0 Å². The number of rotatable bonds is 11. The maximum atomic E-state index is 11.2. The fourth-order valence-electron chi connectivity index (χ4n) is 1.41. The first-order valence-corrected chi connectivity index (χ1v) is 6.27. The van der Waals surface area contributed by atoms with Crippen molar-refractivity contribution in [2.24, 2.45) is 0 Å². The van der Waals surface area contributed by atoms with E-state index in [2.05, 4.69) is 17.6 Å². The zero-order valence-corrected chi connectivity index (χ0v) is 10.7. The topological polar surface area (TPSA) is 50.4 Å². The monoisotopic (exact) mass is 230 g/mol. The van der Waals surface area contributed by atoms with E-state index in [1.54, 1.807) is 7.11 Å². The van der Waals surface area contributed by atoms with E-state index < -0.39 is 0 Å². The fraction of sp³-hybridized carbons (Fsp3) is 0.917. The van der Waals surface area contributed by atoms with Gasteiger partial charge >= 0.3 is 0 Å². The average molecular weight is 230 g/mol. The third-order valence-electron chi connectivity index (χ3n) is 2.37. The van der Waals surface area contributed by atoms with E-state index in [9.17, 15) is 4.79 Å². The number of hydrogen-bond donors (Lipinski definition) is 2. The van der Waals surface area contributed by atoms with E-state index in [1.165, 1.54) is 25.7 Å². The van der Waals surface area contributed by atoms with Crippen molar-refractivity contribution in [1.29, 1.82) is 0 Å². The summed E-state index contributed by atoms with van der Waals surface area (Å²) in [5.41, 5.74) is 0. The van der Waals surface area contributed by atoms with Gasteiger partial charge in [0, 0.05) is 13.7 Å². The van der Waals surface area contributed by atoms with Gasteiger partial charge in [0.15, 0.2) is 0 Å². The molecular formula is C12H26N2O2. The molecule has 0 aliphatic heterocycles. The lowest BCUT2D eigenvalue weighted by molar-refractivity contribution is -0.120. The van der Waals surface area contributed by atoms with Gasteiger partial charge in [-0.15, -0.1) is 0 Å². The Kier molecular flexibility index (Phi) is 12.0. The molecule has 0 atom stereocenters. The summed E-state index contributed by atoms with van der Waals surface area (Å²) in [6.07, 6.45) is 6.31. The molecule has 0 radical (unpaired) electrons. The van der Waals surface area contributed by atoms with Crippen molar-refractivity contribution in [3.63, 3.8) is 0 Å². The summed E-state index contributed by atoms with van der Waals surface area (Å²) in [4.78, 5) is 11.2. The first kappa shape index (κ1) is 15.4. The molecule has 0 unspecified atom stereocenters. The van der Waals surface area contributed by atoms with Gasteiger partial charge in [0.05, 0.1) is 13.2 Å². The number of unbranched alkanes of at least 4 members (excludes halogenated alkanes) is 4. The van der Waals surface area contributed by atoms with Crippen LogP contribution in [-0.4, -0.2) is 39.3 Å². The zero-order valence-electron chi connectivity index (χ0n) is 10.7. The largest absolute Gasteiger partial charge is 0.383 e. The smallest absolute Gasteiger partial charge is 0.234 e. The molecule has 16 heavy (non-hydrogen) atoms. The second kappa shape index (κ2) is 12.5. The minimum absolute atomic E-state index is 0.0469. The Morgan fingerprint density at radius 3 is 2.56 bits per heavy atom. The number of amides is 1. The molecule has 0 fully saturated rings. The summed E-state index contributed by atoms with van der Waals surface area (Å²) in [6, 6.07) is 0. The van der Waals surface area contributed by atoms with Crippen molar-refractivity contribution in [3.8, 4) is 0 Å². The summed E-state index contributed by atoms with van der Waals surface area (Å²) < 4.78 is 4.84. The summed E-state index contributed by atoms with van der Waals surface area (Å²) >= 11 is 0. The van der Waals surface area contributed by atoms with E-state index in [0.717, 1.165) is 13.0 Å². The van der Waals surface area contributed by atoms with Crippen molar-refractivity contribution in [2.45, 2.75) is 39.0 Å². The normalized spacial score (nSPS) is 10.4. The molecule has 0 aliphatic carbocycles. The first-order valence-electron chi connectivity index (χ1n) is 6.27. The molecule has 4 heteroatoms. The molecule has 0 bridgehead atoms. The zero-order chi connectivity index (χ0) is 12.1. The van der Waals surface area contributed by atoms with Crippen LogP contribution in [0.3, 0.4) is 0 Å². The molecule has 0 aromatic rings. The Morgan fingerprint density at radius 1 is 1.12 bits per heavy atom. The standard InChI is InChI=1S/C12H26N2O2/c1-3-4-5-6-7-8-13-11-12(15)14-9-10-16-2/h13H,3-11H2,1-2H3,(H,14,15). The number of nitrogens with one attached hydrogen (secondary N) is 2. The summed E-state index contributed by atoms with van der Waals surface area (Å²) in [5, 5.41) is 5.90. The van der Waals surface area contributed by atoms with Crippen molar-refractivity contribution in [1.82, 2.24) is 10.6 Å². The SMILES string of the molecule is CCCCCCCNCC(=O)NCCOC. The Bertz CT molecular complexity index is 163. The van der Waals surface area contributed by atoms with Gasteiger partial charge < -0.3 is 15.4 Å². The lowest BCUT2D eigenvalue weighted by Gasteiger charge is -2.06.